The van der Waals surface area contributed by atoms with Crippen molar-refractivity contribution >= 4 is 28.4 Å². The van der Waals surface area contributed by atoms with Crippen molar-refractivity contribution in [3.05, 3.63) is 59.8 Å². The van der Waals surface area contributed by atoms with Crippen LogP contribution in [0.3, 0.4) is 0 Å². The topological polar surface area (TPSA) is 41.0 Å². The summed E-state index contributed by atoms with van der Waals surface area (Å²) in [6, 6.07) is 16.3. The lowest BCUT2D eigenvalue weighted by molar-refractivity contribution is -0.130. The van der Waals surface area contributed by atoms with E-state index < -0.39 is 0 Å². The highest BCUT2D eigenvalue weighted by atomic mass is 35.5. The maximum Gasteiger partial charge on any atom is 0.236 e. The summed E-state index contributed by atoms with van der Waals surface area (Å²) < 4.78 is 8.19. The first-order valence-corrected chi connectivity index (χ1v) is 12.5. The maximum atomic E-state index is 11.9. The molecule has 0 unspecified atom stereocenters. The number of hydrogen-bond donors (Lipinski definition) is 0. The Hall–Kier alpha value is -2.54. The number of hydrogen-bond acceptors (Lipinski definition) is 4. The molecule has 3 aromatic rings. The van der Waals surface area contributed by atoms with Gasteiger partial charge in [-0.05, 0) is 74.3 Å². The molecule has 1 fully saturated rings. The summed E-state index contributed by atoms with van der Waals surface area (Å²) >= 11 is 6.02. The van der Waals surface area contributed by atoms with Crippen molar-refractivity contribution in [2.24, 2.45) is 0 Å². The van der Waals surface area contributed by atoms with E-state index in [-0.39, 0.29) is 5.91 Å². The minimum Gasteiger partial charge on any atom is -0.494 e. The minimum absolute atomic E-state index is 0.187. The number of carbonyl (C=O) groups excluding carboxylic acids is 1. The number of piperazine rings is 1. The number of nitrogens with zero attached hydrogens (tertiary/aromatic N) is 4. The van der Waals surface area contributed by atoms with Gasteiger partial charge in [-0.2, -0.15) is 0 Å². The Morgan fingerprint density at radius 3 is 2.41 bits per heavy atom. The number of carbonyl (C=O) groups is 1. The Balaban J connectivity index is 1.14. The van der Waals surface area contributed by atoms with Gasteiger partial charge in [-0.15, -0.1) is 0 Å². The first kappa shape index (κ1) is 24.6. The van der Waals surface area contributed by atoms with Gasteiger partial charge in [0.25, 0.3) is 0 Å². The quantitative estimate of drug-likeness (QED) is 0.398. The average Bonchev–Trinajstić information content (AvgIpc) is 3.26. The van der Waals surface area contributed by atoms with E-state index in [0.717, 1.165) is 74.1 Å². The van der Waals surface area contributed by atoms with Gasteiger partial charge in [0.2, 0.25) is 5.91 Å². The number of ether oxygens (including phenoxy) is 1. The van der Waals surface area contributed by atoms with Gasteiger partial charge in [-0.1, -0.05) is 11.6 Å². The second-order valence-electron chi connectivity index (χ2n) is 9.20. The van der Waals surface area contributed by atoms with Crippen molar-refractivity contribution in [2.45, 2.75) is 19.3 Å². The molecule has 182 valence electrons. The second kappa shape index (κ2) is 11.7. The lowest BCUT2D eigenvalue weighted by Gasteiger charge is -2.34. The largest absolute Gasteiger partial charge is 0.494 e. The fraction of sp³-hybridized carbons (Fsp3) is 0.444. The van der Waals surface area contributed by atoms with Gasteiger partial charge in [0, 0.05) is 62.6 Å². The van der Waals surface area contributed by atoms with Gasteiger partial charge >= 0.3 is 0 Å². The van der Waals surface area contributed by atoms with Crippen molar-refractivity contribution in [3.8, 4) is 11.4 Å². The van der Waals surface area contributed by atoms with E-state index in [4.69, 9.17) is 16.3 Å². The number of benzene rings is 2. The van der Waals surface area contributed by atoms with Crippen LogP contribution in [0.5, 0.6) is 5.75 Å². The monoisotopic (exact) mass is 482 g/mol. The fourth-order valence-corrected chi connectivity index (χ4v) is 4.47. The Labute approximate surface area is 207 Å². The van der Waals surface area contributed by atoms with Crippen molar-refractivity contribution in [1.82, 2.24) is 19.3 Å². The molecule has 0 saturated carbocycles. The van der Waals surface area contributed by atoms with Crippen LogP contribution in [-0.4, -0.2) is 85.1 Å². The van der Waals surface area contributed by atoms with E-state index >= 15 is 0 Å². The number of unbranched alkanes of at least 4 members (excludes halogenated alkanes) is 2. The fourth-order valence-electron chi connectivity index (χ4n) is 4.35. The highest BCUT2D eigenvalue weighted by Crippen LogP contribution is 2.25. The second-order valence-corrected chi connectivity index (χ2v) is 9.63. The molecule has 34 heavy (non-hydrogen) atoms. The highest BCUT2D eigenvalue weighted by Gasteiger charge is 2.19. The molecule has 2 heterocycles. The SMILES string of the molecule is CN(C)C(=O)CN1CCN(CCCCCOc2ccc3c(ccn3-c3ccc(Cl)cc3)c2)CC1. The highest BCUT2D eigenvalue weighted by molar-refractivity contribution is 6.30. The molecule has 7 heteroatoms. The first-order chi connectivity index (χ1) is 16.5. The van der Waals surface area contributed by atoms with Crippen LogP contribution in [0.2, 0.25) is 5.02 Å². The van der Waals surface area contributed by atoms with Crippen molar-refractivity contribution in [2.75, 3.05) is 60.0 Å². The third-order valence-electron chi connectivity index (χ3n) is 6.48. The zero-order chi connectivity index (χ0) is 23.9. The molecule has 2 aromatic carbocycles. The third kappa shape index (κ3) is 6.53. The van der Waals surface area contributed by atoms with Crippen LogP contribution in [0.25, 0.3) is 16.6 Å². The van der Waals surface area contributed by atoms with Crippen LogP contribution in [0.4, 0.5) is 0 Å². The molecule has 0 bridgehead atoms. The summed E-state index contributed by atoms with van der Waals surface area (Å²) in [5.41, 5.74) is 2.25. The summed E-state index contributed by atoms with van der Waals surface area (Å²) in [4.78, 5) is 18.3. The lowest BCUT2D eigenvalue weighted by Crippen LogP contribution is -2.49. The molecule has 0 atom stereocenters. The predicted molar refractivity (Wildman–Crippen MR) is 139 cm³/mol. The van der Waals surface area contributed by atoms with Gasteiger partial charge in [0.1, 0.15) is 5.75 Å². The normalized spacial score (nSPS) is 15.0. The molecule has 0 radical (unpaired) electrons. The first-order valence-electron chi connectivity index (χ1n) is 12.1. The van der Waals surface area contributed by atoms with Crippen molar-refractivity contribution in [1.29, 1.82) is 0 Å². The maximum absolute atomic E-state index is 11.9. The Morgan fingerprint density at radius 2 is 1.68 bits per heavy atom. The summed E-state index contributed by atoms with van der Waals surface area (Å²) in [6.07, 6.45) is 5.48. The minimum atomic E-state index is 0.187. The van der Waals surface area contributed by atoms with Gasteiger partial charge in [0.15, 0.2) is 0 Å². The summed E-state index contributed by atoms with van der Waals surface area (Å²) in [5, 5.41) is 1.91. The van der Waals surface area contributed by atoms with Crippen LogP contribution >= 0.6 is 11.6 Å². The van der Waals surface area contributed by atoms with E-state index in [9.17, 15) is 4.79 Å². The van der Waals surface area contributed by atoms with Gasteiger partial charge < -0.3 is 19.1 Å². The predicted octanol–water partition coefficient (Wildman–Crippen LogP) is 4.54. The van der Waals surface area contributed by atoms with E-state index in [0.29, 0.717) is 6.54 Å². The number of fused-ring (bicyclic) bond motifs is 1. The van der Waals surface area contributed by atoms with Crippen LogP contribution in [-0.2, 0) is 4.79 Å². The third-order valence-corrected chi connectivity index (χ3v) is 6.73. The number of halogens is 1. The number of amides is 1. The average molecular weight is 483 g/mol. The molecule has 1 saturated heterocycles. The van der Waals surface area contributed by atoms with E-state index in [1.807, 2.05) is 38.4 Å². The van der Waals surface area contributed by atoms with E-state index in [2.05, 4.69) is 44.8 Å². The molecule has 1 aliphatic heterocycles. The lowest BCUT2D eigenvalue weighted by atomic mass is 10.2. The van der Waals surface area contributed by atoms with Gasteiger partial charge in [0.05, 0.1) is 18.7 Å². The molecule has 1 aliphatic rings. The van der Waals surface area contributed by atoms with Crippen LogP contribution in [0.1, 0.15) is 19.3 Å². The zero-order valence-corrected chi connectivity index (χ0v) is 21.0. The summed E-state index contributed by atoms with van der Waals surface area (Å²) in [5.74, 6) is 1.11. The molecular weight excluding hydrogens is 448 g/mol. The van der Waals surface area contributed by atoms with Crippen LogP contribution in [0.15, 0.2) is 54.7 Å². The van der Waals surface area contributed by atoms with Crippen molar-refractivity contribution in [3.63, 3.8) is 0 Å². The number of aromatic nitrogens is 1. The van der Waals surface area contributed by atoms with Crippen molar-refractivity contribution < 1.29 is 9.53 Å². The molecule has 6 nitrogen and oxygen atoms in total. The molecule has 0 aliphatic carbocycles. The van der Waals surface area contributed by atoms with Gasteiger partial charge in [-0.3, -0.25) is 9.69 Å². The summed E-state index contributed by atoms with van der Waals surface area (Å²) in [6.45, 7) is 6.45. The Bertz CT molecular complexity index is 1070. The molecule has 0 N–H and O–H groups in total. The van der Waals surface area contributed by atoms with Crippen LogP contribution in [0, 0.1) is 0 Å². The van der Waals surface area contributed by atoms with E-state index in [1.165, 1.54) is 11.8 Å². The Kier molecular flexibility index (Phi) is 8.48. The molecule has 4 rings (SSSR count). The number of likely N-dealkylation sites (N-methyl/N-ethyl adjacent to an activating group) is 1. The van der Waals surface area contributed by atoms with Crippen LogP contribution < -0.4 is 4.74 Å². The van der Waals surface area contributed by atoms with Gasteiger partial charge in [-0.25, -0.2) is 0 Å². The zero-order valence-electron chi connectivity index (χ0n) is 20.3. The Morgan fingerprint density at radius 1 is 0.941 bits per heavy atom. The molecule has 0 spiro atoms. The van der Waals surface area contributed by atoms with E-state index in [1.54, 1.807) is 4.90 Å². The summed E-state index contributed by atoms with van der Waals surface area (Å²) in [7, 11) is 3.64. The number of rotatable bonds is 10. The molecule has 1 amide bonds. The molecule has 1 aromatic heterocycles. The molecular formula is C27H35ClN4O2. The standard InChI is InChI=1S/C27H35ClN4O2/c1-29(2)27(33)21-31-17-15-30(16-18-31)13-4-3-5-19-34-25-10-11-26-22(20-25)12-14-32(26)24-8-6-23(28)7-9-24/h6-12,14,20H,3-5,13,15-19,21H2,1-2H3. The smallest absolute Gasteiger partial charge is 0.236 e.